The minimum Gasteiger partial charge on any atom is -0.464 e. The SMILES string of the molecule is Cc1ccc(Cn2nccc2N)o1. The van der Waals surface area contributed by atoms with Crippen molar-refractivity contribution in [2.24, 2.45) is 0 Å². The fraction of sp³-hybridized carbons (Fsp3) is 0.222. The zero-order valence-electron chi connectivity index (χ0n) is 7.40. The van der Waals surface area contributed by atoms with Crippen molar-refractivity contribution >= 4 is 5.82 Å². The quantitative estimate of drug-likeness (QED) is 0.754. The molecule has 0 atom stereocenters. The third-order valence-corrected chi connectivity index (χ3v) is 1.85. The molecule has 0 fully saturated rings. The lowest BCUT2D eigenvalue weighted by Gasteiger charge is -1.99. The molecule has 0 aliphatic carbocycles. The normalized spacial score (nSPS) is 10.5. The largest absolute Gasteiger partial charge is 0.464 e. The van der Waals surface area contributed by atoms with E-state index in [1.54, 1.807) is 16.9 Å². The van der Waals surface area contributed by atoms with Crippen LogP contribution >= 0.6 is 0 Å². The highest BCUT2D eigenvalue weighted by Gasteiger charge is 2.02. The predicted molar refractivity (Wildman–Crippen MR) is 49.2 cm³/mol. The third-order valence-electron chi connectivity index (χ3n) is 1.85. The molecule has 0 spiro atoms. The van der Waals surface area contributed by atoms with Gasteiger partial charge in [-0.1, -0.05) is 0 Å². The van der Waals surface area contributed by atoms with E-state index in [-0.39, 0.29) is 0 Å². The number of aromatic nitrogens is 2. The number of anilines is 1. The summed E-state index contributed by atoms with van der Waals surface area (Å²) in [5.74, 6) is 2.42. The fourth-order valence-corrected chi connectivity index (χ4v) is 1.19. The van der Waals surface area contributed by atoms with Gasteiger partial charge in [0.05, 0.1) is 6.20 Å². The van der Waals surface area contributed by atoms with Crippen LogP contribution in [0.2, 0.25) is 0 Å². The molecule has 0 aromatic carbocycles. The molecular formula is C9H11N3O. The van der Waals surface area contributed by atoms with Gasteiger partial charge in [-0.25, -0.2) is 4.68 Å². The molecule has 2 aromatic rings. The highest BCUT2D eigenvalue weighted by Crippen LogP contribution is 2.09. The van der Waals surface area contributed by atoms with Crippen LogP contribution in [0.15, 0.2) is 28.8 Å². The Labute approximate surface area is 76.0 Å². The summed E-state index contributed by atoms with van der Waals surface area (Å²) in [6, 6.07) is 5.61. The number of rotatable bonds is 2. The molecule has 0 saturated carbocycles. The second-order valence-corrected chi connectivity index (χ2v) is 2.93. The minimum atomic E-state index is 0.590. The Balaban J connectivity index is 2.19. The molecule has 4 heteroatoms. The third kappa shape index (κ3) is 1.56. The first-order valence-electron chi connectivity index (χ1n) is 4.08. The Morgan fingerprint density at radius 2 is 2.31 bits per heavy atom. The predicted octanol–water partition coefficient (Wildman–Crippen LogP) is 1.42. The van der Waals surface area contributed by atoms with Gasteiger partial charge >= 0.3 is 0 Å². The van der Waals surface area contributed by atoms with Crippen LogP contribution in [0.1, 0.15) is 11.5 Å². The zero-order chi connectivity index (χ0) is 9.26. The molecule has 0 aliphatic heterocycles. The summed E-state index contributed by atoms with van der Waals surface area (Å²) < 4.78 is 7.09. The summed E-state index contributed by atoms with van der Waals surface area (Å²) in [5, 5.41) is 4.05. The van der Waals surface area contributed by atoms with E-state index in [4.69, 9.17) is 10.2 Å². The second kappa shape index (κ2) is 2.97. The first-order valence-corrected chi connectivity index (χ1v) is 4.08. The Hall–Kier alpha value is -1.71. The summed E-state index contributed by atoms with van der Waals surface area (Å²) in [4.78, 5) is 0. The maximum atomic E-state index is 5.65. The highest BCUT2D eigenvalue weighted by atomic mass is 16.3. The lowest BCUT2D eigenvalue weighted by molar-refractivity contribution is 0.461. The van der Waals surface area contributed by atoms with Crippen molar-refractivity contribution < 1.29 is 4.42 Å². The molecular weight excluding hydrogens is 166 g/mol. The number of hydrogen-bond acceptors (Lipinski definition) is 3. The number of furan rings is 1. The molecule has 0 aliphatic rings. The van der Waals surface area contributed by atoms with Crippen molar-refractivity contribution in [3.05, 3.63) is 35.9 Å². The van der Waals surface area contributed by atoms with Gasteiger partial charge in [0.1, 0.15) is 23.9 Å². The van der Waals surface area contributed by atoms with E-state index >= 15 is 0 Å². The average molecular weight is 177 g/mol. The van der Waals surface area contributed by atoms with Crippen molar-refractivity contribution in [2.45, 2.75) is 13.5 Å². The van der Waals surface area contributed by atoms with Gasteiger partial charge < -0.3 is 10.2 Å². The van der Waals surface area contributed by atoms with Gasteiger partial charge in [-0.3, -0.25) is 0 Å². The minimum absolute atomic E-state index is 0.590. The summed E-state index contributed by atoms with van der Waals surface area (Å²) in [6.07, 6.45) is 1.67. The van der Waals surface area contributed by atoms with Gasteiger partial charge in [-0.2, -0.15) is 5.10 Å². The van der Waals surface area contributed by atoms with E-state index < -0.39 is 0 Å². The first kappa shape index (κ1) is 7.91. The van der Waals surface area contributed by atoms with Crippen molar-refractivity contribution in [1.29, 1.82) is 0 Å². The second-order valence-electron chi connectivity index (χ2n) is 2.93. The van der Waals surface area contributed by atoms with E-state index in [0.29, 0.717) is 12.4 Å². The first-order chi connectivity index (χ1) is 6.25. The zero-order valence-corrected chi connectivity index (χ0v) is 7.40. The topological polar surface area (TPSA) is 57.0 Å². The maximum absolute atomic E-state index is 5.65. The molecule has 0 saturated heterocycles. The summed E-state index contributed by atoms with van der Waals surface area (Å²) >= 11 is 0. The Kier molecular flexibility index (Phi) is 1.81. The molecule has 0 amide bonds. The van der Waals surface area contributed by atoms with Crippen LogP contribution in [0.25, 0.3) is 0 Å². The van der Waals surface area contributed by atoms with Crippen LogP contribution in [0, 0.1) is 6.92 Å². The van der Waals surface area contributed by atoms with Crippen LogP contribution in [0.3, 0.4) is 0 Å². The summed E-state index contributed by atoms with van der Waals surface area (Å²) in [7, 11) is 0. The summed E-state index contributed by atoms with van der Waals surface area (Å²) in [6.45, 7) is 2.50. The van der Waals surface area contributed by atoms with Crippen LogP contribution in [-0.2, 0) is 6.54 Å². The van der Waals surface area contributed by atoms with Gasteiger partial charge in [0.15, 0.2) is 0 Å². The molecule has 4 nitrogen and oxygen atoms in total. The molecule has 2 N–H and O–H groups in total. The average Bonchev–Trinajstić information content (AvgIpc) is 2.64. The monoisotopic (exact) mass is 177 g/mol. The lowest BCUT2D eigenvalue weighted by Crippen LogP contribution is -2.04. The number of nitrogen functional groups attached to an aromatic ring is 1. The van der Waals surface area contributed by atoms with Gasteiger partial charge in [0.2, 0.25) is 0 Å². The van der Waals surface area contributed by atoms with Crippen LogP contribution < -0.4 is 5.73 Å². The standard InChI is InChI=1S/C9H11N3O/c1-7-2-3-8(13-7)6-12-9(10)4-5-11-12/h2-5H,6,10H2,1H3. The highest BCUT2D eigenvalue weighted by molar-refractivity contribution is 5.26. The van der Waals surface area contributed by atoms with E-state index in [0.717, 1.165) is 11.5 Å². The Morgan fingerprint density at radius 1 is 1.46 bits per heavy atom. The van der Waals surface area contributed by atoms with Crippen molar-refractivity contribution in [2.75, 3.05) is 5.73 Å². The van der Waals surface area contributed by atoms with Crippen LogP contribution in [0.4, 0.5) is 5.82 Å². The van der Waals surface area contributed by atoms with E-state index in [1.165, 1.54) is 0 Å². The maximum Gasteiger partial charge on any atom is 0.125 e. The van der Waals surface area contributed by atoms with Crippen LogP contribution in [-0.4, -0.2) is 9.78 Å². The van der Waals surface area contributed by atoms with Crippen molar-refractivity contribution in [3.63, 3.8) is 0 Å². The van der Waals surface area contributed by atoms with Crippen LogP contribution in [0.5, 0.6) is 0 Å². The molecule has 2 aromatic heterocycles. The molecule has 13 heavy (non-hydrogen) atoms. The summed E-state index contributed by atoms with van der Waals surface area (Å²) in [5.41, 5.74) is 5.65. The van der Waals surface area contributed by atoms with Gasteiger partial charge in [0, 0.05) is 0 Å². The van der Waals surface area contributed by atoms with Gasteiger partial charge in [-0.05, 0) is 25.1 Å². The molecule has 0 unspecified atom stereocenters. The number of aryl methyl sites for hydroxylation is 1. The fourth-order valence-electron chi connectivity index (χ4n) is 1.19. The number of hydrogen-bond donors (Lipinski definition) is 1. The Morgan fingerprint density at radius 3 is 2.85 bits per heavy atom. The molecule has 68 valence electrons. The molecule has 2 rings (SSSR count). The van der Waals surface area contributed by atoms with Crippen molar-refractivity contribution in [1.82, 2.24) is 9.78 Å². The van der Waals surface area contributed by atoms with Gasteiger partial charge in [-0.15, -0.1) is 0 Å². The number of nitrogens with two attached hydrogens (primary N) is 1. The smallest absolute Gasteiger partial charge is 0.125 e. The molecule has 0 radical (unpaired) electrons. The van der Waals surface area contributed by atoms with E-state index in [9.17, 15) is 0 Å². The molecule has 2 heterocycles. The molecule has 0 bridgehead atoms. The Bertz CT molecular complexity index is 402. The van der Waals surface area contributed by atoms with E-state index in [2.05, 4.69) is 5.10 Å². The van der Waals surface area contributed by atoms with E-state index in [1.807, 2.05) is 19.1 Å². The lowest BCUT2D eigenvalue weighted by atomic mass is 10.4. The number of nitrogens with zero attached hydrogens (tertiary/aromatic N) is 2. The van der Waals surface area contributed by atoms with Crippen molar-refractivity contribution in [3.8, 4) is 0 Å². The van der Waals surface area contributed by atoms with Gasteiger partial charge in [0.25, 0.3) is 0 Å².